The van der Waals surface area contributed by atoms with Crippen molar-refractivity contribution in [2.24, 2.45) is 0 Å². The average molecular weight is 678 g/mol. The van der Waals surface area contributed by atoms with Gasteiger partial charge in [0.2, 0.25) is 5.95 Å². The van der Waals surface area contributed by atoms with E-state index < -0.39 is 0 Å². The Kier molecular flexibility index (Phi) is 7.26. The number of fused-ring (bicyclic) bond motifs is 6. The van der Waals surface area contributed by atoms with Gasteiger partial charge in [-0.3, -0.25) is 4.57 Å². The Balaban J connectivity index is 1.24. The predicted molar refractivity (Wildman–Crippen MR) is 221 cm³/mol. The zero-order valence-electron chi connectivity index (χ0n) is 29.3. The summed E-state index contributed by atoms with van der Waals surface area (Å²) in [5, 5.41) is 5.83. The molecule has 0 saturated carbocycles. The van der Waals surface area contributed by atoms with E-state index in [4.69, 9.17) is 9.97 Å². The van der Waals surface area contributed by atoms with Crippen molar-refractivity contribution in [3.63, 3.8) is 0 Å². The number of aromatic nitrogens is 3. The molecular weight excluding hydrogens is 643 g/mol. The minimum Gasteiger partial charge on any atom is -0.278 e. The Bertz CT molecular complexity index is 2890. The zero-order chi connectivity index (χ0) is 35.4. The van der Waals surface area contributed by atoms with Crippen LogP contribution in [0.25, 0.3) is 71.8 Å². The number of benzene rings is 8. The zero-order valence-corrected chi connectivity index (χ0v) is 29.3. The fourth-order valence-corrected chi connectivity index (χ4v) is 8.20. The Labute approximate surface area is 308 Å². The summed E-state index contributed by atoms with van der Waals surface area (Å²) in [7, 11) is 0. The van der Waals surface area contributed by atoms with Gasteiger partial charge in [-0.25, -0.2) is 9.97 Å². The van der Waals surface area contributed by atoms with Crippen molar-refractivity contribution in [2.75, 3.05) is 0 Å². The molecular formula is C50H35N3. The van der Waals surface area contributed by atoms with Crippen LogP contribution in [0.5, 0.6) is 0 Å². The summed E-state index contributed by atoms with van der Waals surface area (Å²) in [5.41, 5.74) is 10.8. The summed E-state index contributed by atoms with van der Waals surface area (Å²) in [4.78, 5) is 10.7. The quantitative estimate of drug-likeness (QED) is 0.164. The molecule has 0 aliphatic rings. The number of hydrogen-bond acceptors (Lipinski definition) is 2. The van der Waals surface area contributed by atoms with Gasteiger partial charge < -0.3 is 0 Å². The topological polar surface area (TPSA) is 30.7 Å². The third-order valence-corrected chi connectivity index (χ3v) is 11.0. The molecule has 8 aromatic carbocycles. The molecule has 0 saturated heterocycles. The summed E-state index contributed by atoms with van der Waals surface area (Å²) in [6.07, 6.45) is 0. The lowest BCUT2D eigenvalue weighted by atomic mass is 9.71. The number of rotatable bonds is 6. The lowest BCUT2D eigenvalue weighted by Gasteiger charge is -2.32. The second kappa shape index (κ2) is 12.4. The third kappa shape index (κ3) is 5.04. The van der Waals surface area contributed by atoms with E-state index >= 15 is 0 Å². The van der Waals surface area contributed by atoms with Crippen molar-refractivity contribution in [2.45, 2.75) is 12.3 Å². The van der Waals surface area contributed by atoms with E-state index in [9.17, 15) is 0 Å². The maximum absolute atomic E-state index is 5.41. The van der Waals surface area contributed by atoms with Crippen LogP contribution in [0.3, 0.4) is 0 Å². The highest BCUT2D eigenvalue weighted by Crippen LogP contribution is 2.43. The molecule has 0 unspecified atom stereocenters. The molecule has 3 heteroatoms. The van der Waals surface area contributed by atoms with Crippen molar-refractivity contribution < 1.29 is 0 Å². The summed E-state index contributed by atoms with van der Waals surface area (Å²) in [5.74, 6) is 0.655. The van der Waals surface area contributed by atoms with Crippen molar-refractivity contribution in [3.05, 3.63) is 211 Å². The molecule has 0 amide bonds. The van der Waals surface area contributed by atoms with Crippen LogP contribution in [0.4, 0.5) is 0 Å². The minimum absolute atomic E-state index is 0.381. The molecule has 2 aromatic heterocycles. The second-order valence-electron chi connectivity index (χ2n) is 13.9. The molecule has 53 heavy (non-hydrogen) atoms. The van der Waals surface area contributed by atoms with Crippen molar-refractivity contribution in [1.29, 1.82) is 0 Å². The highest BCUT2D eigenvalue weighted by molar-refractivity contribution is 6.21. The van der Waals surface area contributed by atoms with Crippen LogP contribution in [0.2, 0.25) is 0 Å². The lowest BCUT2D eigenvalue weighted by molar-refractivity contribution is 0.693. The Morgan fingerprint density at radius 2 is 0.981 bits per heavy atom. The third-order valence-electron chi connectivity index (χ3n) is 11.0. The molecule has 2 heterocycles. The number of para-hydroxylation sites is 1. The van der Waals surface area contributed by atoms with E-state index in [1.54, 1.807) is 0 Å². The monoisotopic (exact) mass is 677 g/mol. The molecule has 0 atom stereocenters. The smallest absolute Gasteiger partial charge is 0.235 e. The number of hydrogen-bond donors (Lipinski definition) is 0. The van der Waals surface area contributed by atoms with Gasteiger partial charge in [0.1, 0.15) is 0 Å². The molecule has 0 N–H and O–H groups in total. The lowest BCUT2D eigenvalue weighted by Crippen LogP contribution is -2.25. The summed E-state index contributed by atoms with van der Waals surface area (Å²) < 4.78 is 2.26. The van der Waals surface area contributed by atoms with Crippen LogP contribution in [-0.2, 0) is 5.41 Å². The van der Waals surface area contributed by atoms with E-state index in [2.05, 4.69) is 206 Å². The van der Waals surface area contributed by atoms with Gasteiger partial charge in [-0.05, 0) is 69.8 Å². The first kappa shape index (κ1) is 30.9. The first-order valence-corrected chi connectivity index (χ1v) is 18.2. The van der Waals surface area contributed by atoms with E-state index in [-0.39, 0.29) is 5.41 Å². The maximum atomic E-state index is 5.41. The van der Waals surface area contributed by atoms with Gasteiger partial charge in [0.05, 0.1) is 22.2 Å². The summed E-state index contributed by atoms with van der Waals surface area (Å²) in [6.45, 7) is 2.35. The fourth-order valence-electron chi connectivity index (χ4n) is 8.20. The van der Waals surface area contributed by atoms with E-state index in [0.29, 0.717) is 5.95 Å². The maximum Gasteiger partial charge on any atom is 0.235 e. The molecule has 0 bridgehead atoms. The van der Waals surface area contributed by atoms with Crippen LogP contribution in [0, 0.1) is 0 Å². The van der Waals surface area contributed by atoms with Crippen molar-refractivity contribution >= 4 is 43.5 Å². The molecule has 0 fully saturated rings. The van der Waals surface area contributed by atoms with Gasteiger partial charge >= 0.3 is 0 Å². The molecule has 0 aliphatic carbocycles. The van der Waals surface area contributed by atoms with Crippen LogP contribution in [-0.4, -0.2) is 14.5 Å². The van der Waals surface area contributed by atoms with Gasteiger partial charge in [-0.15, -0.1) is 0 Å². The van der Waals surface area contributed by atoms with Crippen LogP contribution < -0.4 is 0 Å². The molecule has 0 aliphatic heterocycles. The van der Waals surface area contributed by atoms with Crippen LogP contribution in [0.1, 0.15) is 23.6 Å². The van der Waals surface area contributed by atoms with Crippen LogP contribution >= 0.6 is 0 Å². The molecule has 0 spiro atoms. The first-order valence-electron chi connectivity index (χ1n) is 18.2. The van der Waals surface area contributed by atoms with Gasteiger partial charge in [-0.1, -0.05) is 170 Å². The minimum atomic E-state index is -0.381. The largest absolute Gasteiger partial charge is 0.278 e. The Morgan fingerprint density at radius 3 is 1.70 bits per heavy atom. The molecule has 10 aromatic rings. The number of nitrogens with zero attached hydrogens (tertiary/aromatic N) is 3. The van der Waals surface area contributed by atoms with E-state index in [1.807, 2.05) is 0 Å². The van der Waals surface area contributed by atoms with Gasteiger partial charge in [0, 0.05) is 27.1 Å². The predicted octanol–water partition coefficient (Wildman–Crippen LogP) is 12.6. The van der Waals surface area contributed by atoms with Crippen LogP contribution in [0.15, 0.2) is 194 Å². The van der Waals surface area contributed by atoms with E-state index in [1.165, 1.54) is 49.4 Å². The summed E-state index contributed by atoms with van der Waals surface area (Å²) in [6, 6.07) is 69.4. The molecule has 0 radical (unpaired) electrons. The van der Waals surface area contributed by atoms with E-state index in [0.717, 1.165) is 33.2 Å². The normalized spacial score (nSPS) is 11.9. The Hall–Kier alpha value is -6.84. The SMILES string of the molecule is CC(c1ccccc1)(c1ccccc1)c1ccc2c(c1)c1c3ccccc3ccc1n2-c1nc(-c2ccc(-c3ccccc3)cc2)c2ccccc2n1. The van der Waals surface area contributed by atoms with Gasteiger partial charge in [-0.2, -0.15) is 0 Å². The standard InChI is InChI=1S/C50H35N3/c1-50(38-18-7-3-8-19-38,39-20-9-4-10-21-39)40-30-32-45-43(33-40)47-41-22-12-11-17-36(41)29-31-46(47)53(45)49-51-44-24-14-13-23-42(44)48(52-49)37-27-25-35(26-28-37)34-15-5-2-6-16-34/h2-33H,1H3. The summed E-state index contributed by atoms with van der Waals surface area (Å²) >= 11 is 0. The highest BCUT2D eigenvalue weighted by atomic mass is 15.2. The Morgan fingerprint density at radius 1 is 0.415 bits per heavy atom. The average Bonchev–Trinajstić information content (AvgIpc) is 3.58. The molecule has 3 nitrogen and oxygen atoms in total. The van der Waals surface area contributed by atoms with Gasteiger partial charge in [0.25, 0.3) is 0 Å². The molecule has 250 valence electrons. The fraction of sp³-hybridized carbons (Fsp3) is 0.0400. The van der Waals surface area contributed by atoms with Crippen molar-refractivity contribution in [3.8, 4) is 28.3 Å². The van der Waals surface area contributed by atoms with Crippen molar-refractivity contribution in [1.82, 2.24) is 14.5 Å². The van der Waals surface area contributed by atoms with Gasteiger partial charge in [0.15, 0.2) is 0 Å². The second-order valence-corrected chi connectivity index (χ2v) is 13.9. The highest BCUT2D eigenvalue weighted by Gasteiger charge is 2.32. The molecule has 10 rings (SSSR count). The first-order chi connectivity index (χ1) is 26.2.